The molecule has 1 aromatic carbocycles. The smallest absolute Gasteiger partial charge is 0.221 e. The van der Waals surface area contributed by atoms with Gasteiger partial charge in [0, 0.05) is 6.92 Å². The van der Waals surface area contributed by atoms with Crippen LogP contribution in [0.4, 0.5) is 10.1 Å². The standard InChI is InChI=1S/C19H20N4OS2/c1-12(2)15-8-6-14(7-9-15)11-20-23-19-22-17(16-5-4-10-25-16)18(26-19)21-13(3)24/h4-12H,1-3H3,(H,21,24)(H,22,23)/b20-11-. The number of nitrogens with one attached hydrogen (secondary N) is 2. The van der Waals surface area contributed by atoms with Crippen molar-refractivity contribution in [3.05, 3.63) is 52.9 Å². The molecule has 0 aliphatic carbocycles. The molecule has 0 spiro atoms. The molecule has 0 atom stereocenters. The number of hydrazone groups is 1. The number of anilines is 2. The molecule has 0 unspecified atom stereocenters. The molecule has 0 aliphatic rings. The zero-order chi connectivity index (χ0) is 18.5. The van der Waals surface area contributed by atoms with Crippen LogP contribution < -0.4 is 10.7 Å². The largest absolute Gasteiger partial charge is 0.316 e. The number of hydrogen-bond acceptors (Lipinski definition) is 6. The lowest BCUT2D eigenvalue weighted by atomic mass is 10.0. The van der Waals surface area contributed by atoms with Crippen LogP contribution in [-0.2, 0) is 4.79 Å². The van der Waals surface area contributed by atoms with Crippen molar-refractivity contribution >= 4 is 44.9 Å². The molecule has 0 aliphatic heterocycles. The highest BCUT2D eigenvalue weighted by molar-refractivity contribution is 7.21. The molecule has 3 rings (SSSR count). The summed E-state index contributed by atoms with van der Waals surface area (Å²) in [7, 11) is 0. The maximum absolute atomic E-state index is 11.4. The van der Waals surface area contributed by atoms with E-state index in [4.69, 9.17) is 0 Å². The van der Waals surface area contributed by atoms with Gasteiger partial charge in [0.15, 0.2) is 0 Å². The van der Waals surface area contributed by atoms with Gasteiger partial charge < -0.3 is 5.32 Å². The zero-order valence-corrected chi connectivity index (χ0v) is 16.4. The summed E-state index contributed by atoms with van der Waals surface area (Å²) < 4.78 is 0. The lowest BCUT2D eigenvalue weighted by Crippen LogP contribution is -2.04. The molecule has 134 valence electrons. The minimum Gasteiger partial charge on any atom is -0.316 e. The number of aromatic nitrogens is 1. The Morgan fingerprint density at radius 2 is 2.00 bits per heavy atom. The van der Waals surface area contributed by atoms with Gasteiger partial charge in [-0.05, 0) is 28.5 Å². The van der Waals surface area contributed by atoms with Gasteiger partial charge in [-0.15, -0.1) is 11.3 Å². The van der Waals surface area contributed by atoms with Crippen molar-refractivity contribution in [2.24, 2.45) is 5.10 Å². The lowest BCUT2D eigenvalue weighted by molar-refractivity contribution is -0.114. The van der Waals surface area contributed by atoms with Crippen LogP contribution in [0.15, 0.2) is 46.9 Å². The summed E-state index contributed by atoms with van der Waals surface area (Å²) in [6, 6.07) is 12.3. The lowest BCUT2D eigenvalue weighted by Gasteiger charge is -2.04. The minimum atomic E-state index is -0.119. The molecule has 2 heterocycles. The van der Waals surface area contributed by atoms with E-state index in [1.165, 1.54) is 23.8 Å². The SMILES string of the molecule is CC(=O)Nc1sc(N/N=C\c2ccc(C(C)C)cc2)nc1-c1cccs1. The summed E-state index contributed by atoms with van der Waals surface area (Å²) in [6.07, 6.45) is 1.76. The van der Waals surface area contributed by atoms with Gasteiger partial charge in [0.2, 0.25) is 11.0 Å². The minimum absolute atomic E-state index is 0.119. The van der Waals surface area contributed by atoms with E-state index in [1.807, 2.05) is 29.6 Å². The Bertz CT molecular complexity index is 896. The summed E-state index contributed by atoms with van der Waals surface area (Å²) in [5, 5.41) is 10.4. The summed E-state index contributed by atoms with van der Waals surface area (Å²) >= 11 is 2.95. The van der Waals surface area contributed by atoms with Crippen LogP contribution in [0.1, 0.15) is 37.8 Å². The molecule has 0 fully saturated rings. The van der Waals surface area contributed by atoms with Gasteiger partial charge in [-0.25, -0.2) is 4.98 Å². The van der Waals surface area contributed by atoms with Crippen molar-refractivity contribution in [2.75, 3.05) is 10.7 Å². The van der Waals surface area contributed by atoms with E-state index < -0.39 is 0 Å². The number of thiophene rings is 1. The van der Waals surface area contributed by atoms with E-state index in [1.54, 1.807) is 17.6 Å². The second-order valence-corrected chi connectivity index (χ2v) is 7.99. The van der Waals surface area contributed by atoms with Crippen molar-refractivity contribution in [1.82, 2.24) is 4.98 Å². The fourth-order valence-corrected chi connectivity index (χ4v) is 3.98. The maximum Gasteiger partial charge on any atom is 0.221 e. The Morgan fingerprint density at radius 1 is 1.23 bits per heavy atom. The van der Waals surface area contributed by atoms with Crippen molar-refractivity contribution < 1.29 is 4.79 Å². The van der Waals surface area contributed by atoms with Gasteiger partial charge in [0.25, 0.3) is 0 Å². The molecule has 2 aromatic heterocycles. The average molecular weight is 385 g/mol. The normalized spacial score (nSPS) is 11.2. The molecular weight excluding hydrogens is 364 g/mol. The molecule has 2 N–H and O–H groups in total. The van der Waals surface area contributed by atoms with E-state index in [2.05, 4.69) is 46.8 Å². The molecule has 0 radical (unpaired) electrons. The summed E-state index contributed by atoms with van der Waals surface area (Å²) in [6.45, 7) is 5.83. The van der Waals surface area contributed by atoms with E-state index in [0.29, 0.717) is 11.0 Å². The molecule has 1 amide bonds. The zero-order valence-electron chi connectivity index (χ0n) is 14.8. The van der Waals surface area contributed by atoms with Gasteiger partial charge in [0.05, 0.1) is 11.1 Å². The molecule has 26 heavy (non-hydrogen) atoms. The number of rotatable bonds is 6. The van der Waals surface area contributed by atoms with Crippen LogP contribution in [0.3, 0.4) is 0 Å². The molecule has 0 saturated heterocycles. The van der Waals surface area contributed by atoms with Gasteiger partial charge in [-0.1, -0.05) is 55.5 Å². The van der Waals surface area contributed by atoms with E-state index in [-0.39, 0.29) is 5.91 Å². The van der Waals surface area contributed by atoms with Gasteiger partial charge >= 0.3 is 0 Å². The third-order valence-corrected chi connectivity index (χ3v) is 5.40. The highest BCUT2D eigenvalue weighted by Crippen LogP contribution is 2.37. The number of nitrogens with zero attached hydrogens (tertiary/aromatic N) is 2. The Balaban J connectivity index is 1.74. The Labute approximate surface area is 160 Å². The van der Waals surface area contributed by atoms with Gasteiger partial charge in [-0.3, -0.25) is 10.2 Å². The predicted octanol–water partition coefficient (Wildman–Crippen LogP) is 5.40. The van der Waals surface area contributed by atoms with Crippen molar-refractivity contribution in [2.45, 2.75) is 26.7 Å². The quantitative estimate of drug-likeness (QED) is 0.442. The third-order valence-electron chi connectivity index (χ3n) is 3.65. The third kappa shape index (κ3) is 4.56. The molecular formula is C19H20N4OS2. The Hall–Kier alpha value is -2.51. The first-order chi connectivity index (χ1) is 12.5. The van der Waals surface area contributed by atoms with Crippen LogP contribution in [0.2, 0.25) is 0 Å². The molecule has 0 bridgehead atoms. The summed E-state index contributed by atoms with van der Waals surface area (Å²) in [5.74, 6) is 0.393. The van der Waals surface area contributed by atoms with Crippen LogP contribution in [0.25, 0.3) is 10.6 Å². The maximum atomic E-state index is 11.4. The molecule has 5 nitrogen and oxygen atoms in total. The number of thiazole rings is 1. The van der Waals surface area contributed by atoms with Crippen molar-refractivity contribution in [1.29, 1.82) is 0 Å². The fraction of sp³-hybridized carbons (Fsp3) is 0.211. The fourth-order valence-electron chi connectivity index (χ4n) is 2.32. The Kier molecular flexibility index (Phi) is 5.80. The average Bonchev–Trinajstić information content (AvgIpc) is 3.24. The number of hydrogen-bond donors (Lipinski definition) is 2. The monoisotopic (exact) mass is 384 g/mol. The first kappa shape index (κ1) is 18.3. The molecule has 0 saturated carbocycles. The number of carbonyl (C=O) groups is 1. The van der Waals surface area contributed by atoms with Crippen LogP contribution in [0, 0.1) is 0 Å². The van der Waals surface area contributed by atoms with Crippen molar-refractivity contribution in [3.63, 3.8) is 0 Å². The molecule has 7 heteroatoms. The van der Waals surface area contributed by atoms with Crippen LogP contribution in [0.5, 0.6) is 0 Å². The second kappa shape index (κ2) is 8.25. The topological polar surface area (TPSA) is 66.4 Å². The highest BCUT2D eigenvalue weighted by Gasteiger charge is 2.14. The van der Waals surface area contributed by atoms with Crippen molar-refractivity contribution in [3.8, 4) is 10.6 Å². The molecule has 3 aromatic rings. The second-order valence-electron chi connectivity index (χ2n) is 6.05. The summed E-state index contributed by atoms with van der Waals surface area (Å²) in [5.41, 5.74) is 6.03. The van der Waals surface area contributed by atoms with E-state index >= 15 is 0 Å². The van der Waals surface area contributed by atoms with Crippen LogP contribution in [-0.4, -0.2) is 17.1 Å². The predicted molar refractivity (Wildman–Crippen MR) is 111 cm³/mol. The Morgan fingerprint density at radius 3 is 2.62 bits per heavy atom. The van der Waals surface area contributed by atoms with Gasteiger partial charge in [0.1, 0.15) is 10.7 Å². The van der Waals surface area contributed by atoms with E-state index in [9.17, 15) is 4.79 Å². The number of benzene rings is 1. The first-order valence-electron chi connectivity index (χ1n) is 8.24. The van der Waals surface area contributed by atoms with Crippen LogP contribution >= 0.6 is 22.7 Å². The summed E-state index contributed by atoms with van der Waals surface area (Å²) in [4.78, 5) is 17.0. The van der Waals surface area contributed by atoms with Gasteiger partial charge in [-0.2, -0.15) is 5.10 Å². The number of amides is 1. The van der Waals surface area contributed by atoms with E-state index in [0.717, 1.165) is 21.1 Å². The number of carbonyl (C=O) groups excluding carboxylic acids is 1. The first-order valence-corrected chi connectivity index (χ1v) is 9.94. The highest BCUT2D eigenvalue weighted by atomic mass is 32.1.